The van der Waals surface area contributed by atoms with Crippen LogP contribution in [0.25, 0.3) is 27.2 Å². The molecule has 6 aliphatic heterocycles. The second-order valence-corrected chi connectivity index (χ2v) is 25.3. The Morgan fingerprint density at radius 2 is 0.922 bits per heavy atom. The average molecular weight is 1220 g/mol. The lowest BCUT2D eigenvalue weighted by Crippen LogP contribution is -2.48. The predicted octanol–water partition coefficient (Wildman–Crippen LogP) is 5.12. The molecule has 8 heterocycles. The molecule has 4 fully saturated rings. The van der Waals surface area contributed by atoms with Crippen LogP contribution in [0, 0.1) is 11.8 Å². The standard InChI is InChI=1S/C68H88N18O4/c87-65-57-13-7-11-55-61(81-33-3-1-4-34-81)21-19-59(63(55)57)66(88)84(65)40-39-83-47-51(75-77-83)46-80-38-30-71-24-9-23-69-26-29-73-43-50(44-80)49-41-72-28-27-70-25-10-32-79(37-31-74-42-49)45-52-48-85(78-76-52)53-15-17-54(18-16-53)86-67(89)58-14-8-12-56-62(82-35-5-2-6-36-82)22-20-60(64(56)58)68(86)90/h7-8,11-22,47-50,69-74H,1-6,9-10,23-46H2. The molecule has 6 aliphatic rings. The highest BCUT2D eigenvalue weighted by atomic mass is 16.2. The third-order valence-corrected chi connectivity index (χ3v) is 19.2. The van der Waals surface area contributed by atoms with E-state index in [9.17, 15) is 19.2 Å². The van der Waals surface area contributed by atoms with Gasteiger partial charge in [-0.15, -0.1) is 10.2 Å². The molecule has 6 N–H and O–H groups in total. The van der Waals surface area contributed by atoms with Crippen molar-refractivity contribution in [1.29, 1.82) is 0 Å². The van der Waals surface area contributed by atoms with Crippen LogP contribution in [-0.2, 0) is 19.6 Å². The van der Waals surface area contributed by atoms with Gasteiger partial charge in [-0.1, -0.05) is 34.7 Å². The maximum atomic E-state index is 14.2. The number of nitrogens with zero attached hydrogens (tertiary/aromatic N) is 12. The number of benzene rings is 5. The molecule has 13 rings (SSSR count). The minimum absolute atomic E-state index is 0.192. The minimum atomic E-state index is -0.316. The molecule has 5 aromatic carbocycles. The molecule has 22 nitrogen and oxygen atoms in total. The van der Waals surface area contributed by atoms with Gasteiger partial charge in [0.05, 0.1) is 35.5 Å². The Hall–Kier alpha value is -7.54. The van der Waals surface area contributed by atoms with Crippen molar-refractivity contribution >= 4 is 62.2 Å². The van der Waals surface area contributed by atoms with E-state index in [4.69, 9.17) is 0 Å². The molecule has 0 bridgehead atoms. The smallest absolute Gasteiger partial charge is 0.265 e. The van der Waals surface area contributed by atoms with Crippen molar-refractivity contribution in [2.75, 3.05) is 152 Å². The summed E-state index contributed by atoms with van der Waals surface area (Å²) in [5.74, 6) is -0.544. The maximum Gasteiger partial charge on any atom is 0.265 e. The monoisotopic (exact) mass is 1220 g/mol. The van der Waals surface area contributed by atoms with Gasteiger partial charge in [0, 0.05) is 166 Å². The van der Waals surface area contributed by atoms with E-state index in [2.05, 4.69) is 90.3 Å². The summed E-state index contributed by atoms with van der Waals surface area (Å²) in [4.78, 5) is 69.1. The molecule has 0 spiro atoms. The zero-order chi connectivity index (χ0) is 61.2. The van der Waals surface area contributed by atoms with Gasteiger partial charge in [-0.05, 0) is 170 Å². The van der Waals surface area contributed by atoms with E-state index >= 15 is 0 Å². The number of rotatable bonds is 12. The fourth-order valence-electron chi connectivity index (χ4n) is 14.4. The second-order valence-electron chi connectivity index (χ2n) is 25.3. The Morgan fingerprint density at radius 1 is 0.411 bits per heavy atom. The highest BCUT2D eigenvalue weighted by Crippen LogP contribution is 2.40. The van der Waals surface area contributed by atoms with Gasteiger partial charge in [0.15, 0.2) is 0 Å². The molecule has 0 saturated carbocycles. The summed E-state index contributed by atoms with van der Waals surface area (Å²) in [5, 5.41) is 44.4. The van der Waals surface area contributed by atoms with Crippen molar-refractivity contribution in [1.82, 2.24) is 76.6 Å². The zero-order valence-corrected chi connectivity index (χ0v) is 52.0. The van der Waals surface area contributed by atoms with Crippen LogP contribution in [0.5, 0.6) is 0 Å². The summed E-state index contributed by atoms with van der Waals surface area (Å²) >= 11 is 0. The number of hydrogen-bond donors (Lipinski definition) is 6. The molecular formula is C68H88N18O4. The number of imide groups is 2. The van der Waals surface area contributed by atoms with Gasteiger partial charge in [0.2, 0.25) is 0 Å². The quantitative estimate of drug-likeness (QED) is 0.0874. The summed E-state index contributed by atoms with van der Waals surface area (Å²) in [6.45, 7) is 19.7. The van der Waals surface area contributed by atoms with Gasteiger partial charge in [-0.3, -0.25) is 38.6 Å². The third kappa shape index (κ3) is 13.9. The first-order chi connectivity index (χ1) is 44.3. The Kier molecular flexibility index (Phi) is 19.9. The number of aromatic nitrogens is 6. The number of carbonyl (C=O) groups excluding carboxylic acids is 4. The molecule has 90 heavy (non-hydrogen) atoms. The van der Waals surface area contributed by atoms with Gasteiger partial charge in [-0.25, -0.2) is 9.58 Å². The number of piperidine rings is 2. The largest absolute Gasteiger partial charge is 0.371 e. The van der Waals surface area contributed by atoms with E-state index in [1.807, 2.05) is 79.1 Å². The van der Waals surface area contributed by atoms with Crippen LogP contribution in [0.4, 0.5) is 17.1 Å². The van der Waals surface area contributed by atoms with E-state index in [1.165, 1.54) is 22.6 Å². The average Bonchev–Trinajstić information content (AvgIpc) is 0.820. The second kappa shape index (κ2) is 29.2. The number of hydrogen-bond acceptors (Lipinski definition) is 18. The lowest BCUT2D eigenvalue weighted by atomic mass is 9.90. The first kappa shape index (κ1) is 61.3. The molecule has 2 atom stereocenters. The van der Waals surface area contributed by atoms with Crippen molar-refractivity contribution < 1.29 is 19.2 Å². The highest BCUT2D eigenvalue weighted by molar-refractivity contribution is 6.36. The Labute approximate surface area is 527 Å². The van der Waals surface area contributed by atoms with Crippen LogP contribution in [0.3, 0.4) is 0 Å². The maximum absolute atomic E-state index is 14.2. The van der Waals surface area contributed by atoms with E-state index in [0.29, 0.717) is 59.4 Å². The molecule has 474 valence electrons. The van der Waals surface area contributed by atoms with E-state index in [-0.39, 0.29) is 30.2 Å². The fourth-order valence-corrected chi connectivity index (χ4v) is 14.4. The molecule has 4 saturated heterocycles. The van der Waals surface area contributed by atoms with Crippen LogP contribution in [-0.4, -0.2) is 206 Å². The Bertz CT molecular complexity index is 3590. The van der Waals surface area contributed by atoms with Gasteiger partial charge in [0.1, 0.15) is 0 Å². The van der Waals surface area contributed by atoms with Crippen LogP contribution in [0.15, 0.2) is 97.3 Å². The van der Waals surface area contributed by atoms with Gasteiger partial charge in [0.25, 0.3) is 23.6 Å². The van der Waals surface area contributed by atoms with E-state index in [1.54, 1.807) is 9.36 Å². The van der Waals surface area contributed by atoms with Crippen molar-refractivity contribution in [3.8, 4) is 5.69 Å². The SMILES string of the molecule is O=C1c2cccc3c(N4CCCCC4)ccc(c23)C(=O)N1CCn1cc(CN2CCNCCCNCCNCC(C3CNCCNCCCN(Cc4cn(-c5ccc(N6C(=O)c7cccc8c(N9CCCCC9)ccc(c78)C6=O)cc5)nn4)CCNC3)C2)nn1. The van der Waals surface area contributed by atoms with Crippen molar-refractivity contribution in [3.05, 3.63) is 131 Å². The van der Waals surface area contributed by atoms with Crippen molar-refractivity contribution in [3.63, 3.8) is 0 Å². The summed E-state index contributed by atoms with van der Waals surface area (Å²) in [5.41, 5.74) is 7.44. The number of carbonyl (C=O) groups is 4. The predicted molar refractivity (Wildman–Crippen MR) is 352 cm³/mol. The molecule has 4 amide bonds. The first-order valence-corrected chi connectivity index (χ1v) is 33.3. The minimum Gasteiger partial charge on any atom is -0.371 e. The Balaban J connectivity index is 0.639. The first-order valence-electron chi connectivity index (χ1n) is 33.3. The van der Waals surface area contributed by atoms with Crippen LogP contribution in [0.1, 0.15) is 104 Å². The third-order valence-electron chi connectivity index (χ3n) is 19.2. The summed E-state index contributed by atoms with van der Waals surface area (Å²) in [6.07, 6.45) is 13.0. The molecule has 7 aromatic rings. The van der Waals surface area contributed by atoms with Gasteiger partial charge < -0.3 is 41.7 Å². The van der Waals surface area contributed by atoms with Crippen LogP contribution in [0.2, 0.25) is 0 Å². The van der Waals surface area contributed by atoms with Gasteiger partial charge in [-0.2, -0.15) is 0 Å². The van der Waals surface area contributed by atoms with Crippen molar-refractivity contribution in [2.45, 2.75) is 71.0 Å². The summed E-state index contributed by atoms with van der Waals surface area (Å²) in [6, 6.07) is 27.0. The molecular weight excluding hydrogens is 1130 g/mol. The van der Waals surface area contributed by atoms with Crippen LogP contribution < -0.4 is 46.6 Å². The number of amides is 4. The summed E-state index contributed by atoms with van der Waals surface area (Å²) in [7, 11) is 0. The Morgan fingerprint density at radius 3 is 1.59 bits per heavy atom. The fraction of sp³-hybridized carbons (Fsp3) is 0.500. The number of nitrogens with one attached hydrogen (secondary N) is 6. The molecule has 0 radical (unpaired) electrons. The summed E-state index contributed by atoms with van der Waals surface area (Å²) < 4.78 is 3.54. The van der Waals surface area contributed by atoms with E-state index < -0.39 is 0 Å². The highest BCUT2D eigenvalue weighted by Gasteiger charge is 2.37. The normalized spacial score (nSPS) is 21.5. The zero-order valence-electron chi connectivity index (χ0n) is 52.0. The lowest BCUT2D eigenvalue weighted by Gasteiger charge is -2.34. The van der Waals surface area contributed by atoms with Crippen molar-refractivity contribution in [2.24, 2.45) is 11.8 Å². The topological polar surface area (TPSA) is 221 Å². The number of anilines is 3. The molecule has 2 aromatic heterocycles. The van der Waals surface area contributed by atoms with E-state index in [0.717, 1.165) is 219 Å². The molecule has 0 aliphatic carbocycles. The van der Waals surface area contributed by atoms with Crippen LogP contribution >= 0.6 is 0 Å². The molecule has 22 heteroatoms. The molecule has 2 unspecified atom stereocenters. The van der Waals surface area contributed by atoms with Gasteiger partial charge >= 0.3 is 0 Å². The lowest BCUT2D eigenvalue weighted by molar-refractivity contribution is 0.0602.